The Kier molecular flexibility index (Phi) is 7.88. The Morgan fingerprint density at radius 2 is 1.93 bits per heavy atom. The van der Waals surface area contributed by atoms with Gasteiger partial charge in [-0.15, -0.1) is 0 Å². The van der Waals surface area contributed by atoms with Crippen molar-refractivity contribution in [3.8, 4) is 0 Å². The predicted octanol–water partition coefficient (Wildman–Crippen LogP) is 5.37. The second-order valence-electron chi connectivity index (χ2n) is 11.9. The average Bonchev–Trinajstić information content (AvgIpc) is 3.18. The molecule has 41 heavy (non-hydrogen) atoms. The minimum atomic E-state index is -0.899. The highest BCUT2D eigenvalue weighted by Gasteiger charge is 2.69. The summed E-state index contributed by atoms with van der Waals surface area (Å²) >= 11 is 6.05. The summed E-state index contributed by atoms with van der Waals surface area (Å²) in [6, 6.07) is 7.33. The van der Waals surface area contributed by atoms with Crippen molar-refractivity contribution < 1.29 is 38.3 Å². The van der Waals surface area contributed by atoms with Gasteiger partial charge in [0.05, 0.1) is 18.4 Å². The predicted molar refractivity (Wildman–Crippen MR) is 148 cm³/mol. The quantitative estimate of drug-likeness (QED) is 0.245. The van der Waals surface area contributed by atoms with Crippen molar-refractivity contribution in [2.45, 2.75) is 83.3 Å². The number of rotatable bonds is 8. The SMILES string of the molecule is C[C@H]1[C@H](OC(=O)CCC(=O)OCCNc2ccnc3cc(Cl)ccc23)O[C@@H]2O[C@]3(C)CC[C@H]4[C@H](C)CC[C@@H]1[C@@]24OO3. The van der Waals surface area contributed by atoms with Crippen LogP contribution in [-0.4, -0.2) is 54.0 Å². The van der Waals surface area contributed by atoms with E-state index in [0.717, 1.165) is 35.9 Å². The van der Waals surface area contributed by atoms with Crippen LogP contribution < -0.4 is 5.32 Å². The molecular formula is C30H37ClN2O8. The molecule has 11 heteroatoms. The van der Waals surface area contributed by atoms with E-state index in [1.54, 1.807) is 18.3 Å². The first-order valence-electron chi connectivity index (χ1n) is 14.5. The molecule has 1 aromatic carbocycles. The first kappa shape index (κ1) is 28.6. The first-order valence-corrected chi connectivity index (χ1v) is 14.9. The van der Waals surface area contributed by atoms with Crippen molar-refractivity contribution >= 4 is 40.1 Å². The van der Waals surface area contributed by atoms with Gasteiger partial charge in [-0.25, -0.2) is 9.78 Å². The highest BCUT2D eigenvalue weighted by atomic mass is 35.5. The molecule has 0 unspecified atom stereocenters. The smallest absolute Gasteiger partial charge is 0.308 e. The third-order valence-electron chi connectivity index (χ3n) is 9.26. The summed E-state index contributed by atoms with van der Waals surface area (Å²) in [7, 11) is 0. The van der Waals surface area contributed by atoms with E-state index in [-0.39, 0.29) is 37.2 Å². The molecule has 4 saturated heterocycles. The van der Waals surface area contributed by atoms with Crippen molar-refractivity contribution in [3.05, 3.63) is 35.5 Å². The van der Waals surface area contributed by atoms with E-state index in [4.69, 9.17) is 40.3 Å². The summed E-state index contributed by atoms with van der Waals surface area (Å²) in [6.45, 7) is 6.68. The number of nitrogens with zero attached hydrogens (tertiary/aromatic N) is 1. The van der Waals surface area contributed by atoms with Crippen LogP contribution in [0.2, 0.25) is 5.02 Å². The van der Waals surface area contributed by atoms with Gasteiger partial charge in [0.1, 0.15) is 6.61 Å². The van der Waals surface area contributed by atoms with Gasteiger partial charge in [0.15, 0.2) is 11.9 Å². The number of esters is 2. The maximum absolute atomic E-state index is 12.8. The monoisotopic (exact) mass is 588 g/mol. The lowest BCUT2D eigenvalue weighted by Gasteiger charge is -2.59. The summed E-state index contributed by atoms with van der Waals surface area (Å²) in [5.74, 6) is -1.29. The number of hydrogen-bond donors (Lipinski definition) is 1. The Bertz CT molecular complexity index is 1310. The summed E-state index contributed by atoms with van der Waals surface area (Å²) in [6.07, 6.45) is 3.61. The number of ether oxygens (including phenoxy) is 4. The molecule has 2 bridgehead atoms. The summed E-state index contributed by atoms with van der Waals surface area (Å²) in [5.41, 5.74) is 0.921. The van der Waals surface area contributed by atoms with E-state index in [9.17, 15) is 9.59 Å². The molecule has 2 aromatic rings. The number of nitrogens with one attached hydrogen (secondary N) is 1. The van der Waals surface area contributed by atoms with Crippen LogP contribution in [0.3, 0.4) is 0 Å². The van der Waals surface area contributed by atoms with Crippen LogP contribution in [0.4, 0.5) is 5.69 Å². The number of halogens is 1. The zero-order valence-electron chi connectivity index (χ0n) is 23.6. The fraction of sp³-hybridized carbons (Fsp3) is 0.633. The van der Waals surface area contributed by atoms with E-state index >= 15 is 0 Å². The molecule has 4 aliphatic heterocycles. The second-order valence-corrected chi connectivity index (χ2v) is 12.4. The molecule has 1 aromatic heterocycles. The summed E-state index contributed by atoms with van der Waals surface area (Å²) in [5, 5.41) is 4.78. The zero-order chi connectivity index (χ0) is 28.8. The third-order valence-corrected chi connectivity index (χ3v) is 9.50. The summed E-state index contributed by atoms with van der Waals surface area (Å²) in [4.78, 5) is 41.4. The van der Waals surface area contributed by atoms with Gasteiger partial charge in [-0.05, 0) is 62.3 Å². The topological polar surface area (TPSA) is 114 Å². The molecule has 1 N–H and O–H groups in total. The largest absolute Gasteiger partial charge is 0.464 e. The molecule has 5 heterocycles. The Morgan fingerprint density at radius 3 is 2.78 bits per heavy atom. The van der Waals surface area contributed by atoms with Gasteiger partial charge in [0, 0.05) is 47.1 Å². The minimum Gasteiger partial charge on any atom is -0.464 e. The molecule has 1 spiro atoms. The number of carbonyl (C=O) groups is 2. The van der Waals surface area contributed by atoms with Gasteiger partial charge >= 0.3 is 11.9 Å². The average molecular weight is 589 g/mol. The third kappa shape index (κ3) is 5.41. The van der Waals surface area contributed by atoms with E-state index in [2.05, 4.69) is 17.2 Å². The first-order chi connectivity index (χ1) is 19.7. The van der Waals surface area contributed by atoms with Crippen molar-refractivity contribution in [2.24, 2.45) is 23.7 Å². The van der Waals surface area contributed by atoms with Crippen molar-refractivity contribution in [1.82, 2.24) is 4.98 Å². The van der Waals surface area contributed by atoms with Crippen molar-refractivity contribution in [2.75, 3.05) is 18.5 Å². The number of pyridine rings is 1. The minimum absolute atomic E-state index is 0.0508. The molecule has 10 nitrogen and oxygen atoms in total. The summed E-state index contributed by atoms with van der Waals surface area (Å²) < 4.78 is 23.7. The molecule has 1 saturated carbocycles. The standard InChI is InChI=1S/C30H37ClN2O8/c1-17-4-7-22-18(2)27(38-28-30(22)21(17)10-12-29(3,39-28)40-41-30)37-26(35)9-8-25(34)36-15-14-33-23-11-13-32-24-16-19(31)5-6-20(23)24/h5-6,11,13,16-18,21-22,27-28H,4,7-10,12,14-15H2,1-3H3,(H,32,33)/t17-,18-,21+,22+,27-,28-,29+,30-/m1/s1. The maximum Gasteiger partial charge on any atom is 0.308 e. The zero-order valence-corrected chi connectivity index (χ0v) is 24.4. The van der Waals surface area contributed by atoms with Crippen LogP contribution in [0, 0.1) is 23.7 Å². The Labute approximate surface area is 244 Å². The molecular weight excluding hydrogens is 552 g/mol. The fourth-order valence-corrected chi connectivity index (χ4v) is 7.26. The van der Waals surface area contributed by atoms with Crippen LogP contribution in [-0.2, 0) is 38.3 Å². The Hall–Kier alpha value is -2.50. The van der Waals surface area contributed by atoms with E-state index in [1.807, 2.05) is 26.0 Å². The molecule has 7 rings (SSSR count). The van der Waals surface area contributed by atoms with Gasteiger partial charge < -0.3 is 24.3 Å². The lowest BCUT2D eigenvalue weighted by molar-refractivity contribution is -0.576. The maximum atomic E-state index is 12.8. The molecule has 0 radical (unpaired) electrons. The molecule has 5 fully saturated rings. The van der Waals surface area contributed by atoms with Gasteiger partial charge in [-0.1, -0.05) is 25.4 Å². The number of carbonyl (C=O) groups excluding carboxylic acids is 2. The number of anilines is 1. The van der Waals surface area contributed by atoms with Crippen LogP contribution in [0.25, 0.3) is 10.9 Å². The normalized spacial score (nSPS) is 35.8. The highest BCUT2D eigenvalue weighted by molar-refractivity contribution is 6.31. The van der Waals surface area contributed by atoms with E-state index in [0.29, 0.717) is 23.9 Å². The fourth-order valence-electron chi connectivity index (χ4n) is 7.10. The lowest BCUT2D eigenvalue weighted by atomic mass is 9.58. The number of fused-ring (bicyclic) bond motifs is 3. The Balaban J connectivity index is 0.988. The molecule has 0 amide bonds. The van der Waals surface area contributed by atoms with E-state index < -0.39 is 35.9 Å². The van der Waals surface area contributed by atoms with E-state index in [1.165, 1.54) is 0 Å². The van der Waals surface area contributed by atoms with Crippen LogP contribution in [0.5, 0.6) is 0 Å². The Morgan fingerprint density at radius 1 is 1.10 bits per heavy atom. The molecule has 1 aliphatic carbocycles. The molecule has 8 atom stereocenters. The van der Waals surface area contributed by atoms with Crippen LogP contribution in [0.1, 0.15) is 59.3 Å². The van der Waals surface area contributed by atoms with Crippen molar-refractivity contribution in [3.63, 3.8) is 0 Å². The molecule has 222 valence electrons. The van der Waals surface area contributed by atoms with Gasteiger partial charge in [-0.3, -0.25) is 14.6 Å². The van der Waals surface area contributed by atoms with Gasteiger partial charge in [0.25, 0.3) is 0 Å². The van der Waals surface area contributed by atoms with Gasteiger partial charge in [0.2, 0.25) is 12.1 Å². The highest BCUT2D eigenvalue weighted by Crippen LogP contribution is 2.60. The van der Waals surface area contributed by atoms with Crippen LogP contribution >= 0.6 is 11.6 Å². The number of benzene rings is 1. The lowest BCUT2D eigenvalue weighted by Crippen LogP contribution is -2.70. The van der Waals surface area contributed by atoms with Crippen molar-refractivity contribution in [1.29, 1.82) is 0 Å². The molecule has 5 aliphatic rings. The van der Waals surface area contributed by atoms with Gasteiger partial charge in [-0.2, -0.15) is 0 Å². The second kappa shape index (κ2) is 11.3. The number of hydrogen-bond acceptors (Lipinski definition) is 10. The number of aromatic nitrogens is 1. The van der Waals surface area contributed by atoms with Crippen LogP contribution in [0.15, 0.2) is 30.5 Å².